The van der Waals surface area contributed by atoms with E-state index in [0.29, 0.717) is 0 Å². The maximum atomic E-state index is 13.8. The Morgan fingerprint density at radius 1 is 0.795 bits per heavy atom. The van der Waals surface area contributed by atoms with Crippen molar-refractivity contribution in [1.29, 1.82) is 0 Å². The molecular weight excluding hydrogens is 502 g/mol. The Morgan fingerprint density at radius 2 is 1.26 bits per heavy atom. The van der Waals surface area contributed by atoms with Crippen molar-refractivity contribution in [3.8, 4) is 11.5 Å². The van der Waals surface area contributed by atoms with Gasteiger partial charge in [0.1, 0.15) is 11.5 Å². The monoisotopic (exact) mass is 532 g/mol. The van der Waals surface area contributed by atoms with Crippen LogP contribution < -0.4 is 57.4 Å². The maximum absolute atomic E-state index is 13.8. The second kappa shape index (κ2) is 18.1. The molecule has 0 spiro atoms. The van der Waals surface area contributed by atoms with Crippen LogP contribution in [-0.2, 0) is 24.8 Å². The summed E-state index contributed by atoms with van der Waals surface area (Å²) < 4.78 is 22.5. The topological polar surface area (TPSA) is 175 Å². The molecule has 0 aliphatic rings. The molecule has 0 aliphatic heterocycles. The van der Waals surface area contributed by atoms with Crippen molar-refractivity contribution >= 4 is 17.7 Å². The van der Waals surface area contributed by atoms with Gasteiger partial charge >= 0.3 is 37.7 Å². The number of aliphatic hydroxyl groups excluding tert-OH is 2. The van der Waals surface area contributed by atoms with Crippen molar-refractivity contribution in [3.63, 3.8) is 0 Å². The van der Waals surface area contributed by atoms with Crippen LogP contribution in [0.1, 0.15) is 29.8 Å². The van der Waals surface area contributed by atoms with Crippen LogP contribution in [0.5, 0.6) is 11.5 Å². The minimum Gasteiger partial charge on any atom is -0.550 e. The molecule has 0 fully saturated rings. The fourth-order valence-electron chi connectivity index (χ4n) is 3.14. The number of hydrogen-bond acceptors (Lipinski definition) is 11. The van der Waals surface area contributed by atoms with Gasteiger partial charge in [-0.1, -0.05) is 38.1 Å². The molecule has 0 heterocycles. The molecule has 2 aromatic carbocycles. The Hall–Kier alpha value is -2.32. The first-order valence-electron chi connectivity index (χ1n) is 11.6. The zero-order valence-corrected chi connectivity index (χ0v) is 22.6. The Bertz CT molecular complexity index is 1060. The summed E-state index contributed by atoms with van der Waals surface area (Å²) >= 11 is 0. The van der Waals surface area contributed by atoms with Gasteiger partial charge in [-0.3, -0.25) is 4.79 Å². The molecule has 11 nitrogen and oxygen atoms in total. The Balaban J connectivity index is 0.00000722. The first-order chi connectivity index (χ1) is 17.6. The molecule has 0 saturated heterocycles. The molecule has 0 aromatic heterocycles. The number of ether oxygens (including phenoxy) is 4. The Morgan fingerprint density at radius 3 is 1.72 bits per heavy atom. The number of benzene rings is 2. The van der Waals surface area contributed by atoms with Gasteiger partial charge in [-0.05, 0) is 24.3 Å². The average molecular weight is 532 g/mol. The van der Waals surface area contributed by atoms with E-state index in [1.54, 1.807) is 12.1 Å². The van der Waals surface area contributed by atoms with Gasteiger partial charge in [0.15, 0.2) is 0 Å². The van der Waals surface area contributed by atoms with E-state index >= 15 is 0 Å². The number of carboxylic acids is 2. The Kier molecular flexibility index (Phi) is 17.0. The molecule has 0 bridgehead atoms. The average Bonchev–Trinajstić information content (AvgIpc) is 2.90. The van der Waals surface area contributed by atoms with Gasteiger partial charge in [-0.15, -0.1) is 0 Å². The van der Waals surface area contributed by atoms with E-state index in [0.717, 1.165) is 0 Å². The second-order valence-electron chi connectivity index (χ2n) is 8.21. The van der Waals surface area contributed by atoms with Crippen molar-refractivity contribution in [2.24, 2.45) is 11.8 Å². The van der Waals surface area contributed by atoms with E-state index in [4.69, 9.17) is 18.9 Å². The molecular formula is C26H30Li2O11. The SMILES string of the molecule is CC(COc1cccc(C(=O)C(OCCO)(OCCO)c2cccc(OCC(C)C(=O)[O-])c2)c1)C(=O)[O-].[Li+].[Li+]. The molecule has 2 N–H and O–H groups in total. The summed E-state index contributed by atoms with van der Waals surface area (Å²) in [7, 11) is 0. The zero-order valence-electron chi connectivity index (χ0n) is 22.6. The zero-order chi connectivity index (χ0) is 27.4. The van der Waals surface area contributed by atoms with E-state index in [-0.39, 0.29) is 86.8 Å². The largest absolute Gasteiger partial charge is 1.00 e. The van der Waals surface area contributed by atoms with E-state index in [2.05, 4.69) is 0 Å². The fourth-order valence-corrected chi connectivity index (χ4v) is 3.14. The van der Waals surface area contributed by atoms with Crippen molar-refractivity contribution in [3.05, 3.63) is 59.7 Å². The summed E-state index contributed by atoms with van der Waals surface area (Å²) in [5.41, 5.74) is 0.237. The molecule has 0 aliphatic carbocycles. The van der Waals surface area contributed by atoms with Gasteiger partial charge in [0.2, 0.25) is 5.78 Å². The normalized spacial score (nSPS) is 12.3. The number of carboxylic acid groups (broad SMARTS) is 2. The van der Waals surface area contributed by atoms with Gasteiger partial charge < -0.3 is 49.0 Å². The number of Topliss-reactive ketones (excluding diaryl/α,β-unsaturated/α-hetero) is 1. The van der Waals surface area contributed by atoms with E-state index < -0.39 is 48.6 Å². The number of aliphatic hydroxyl groups is 2. The summed E-state index contributed by atoms with van der Waals surface area (Å²) in [5, 5.41) is 40.8. The van der Waals surface area contributed by atoms with Crippen LogP contribution in [0.25, 0.3) is 0 Å². The van der Waals surface area contributed by atoms with Crippen LogP contribution >= 0.6 is 0 Å². The summed E-state index contributed by atoms with van der Waals surface area (Å²) in [6.07, 6.45) is 0. The number of ketones is 1. The van der Waals surface area contributed by atoms with Crippen LogP contribution in [-0.4, -0.2) is 67.6 Å². The molecule has 2 rings (SSSR count). The molecule has 0 amide bonds. The van der Waals surface area contributed by atoms with E-state index in [1.165, 1.54) is 50.2 Å². The minimum atomic E-state index is -2.12. The number of carbonyl (C=O) groups is 3. The molecule has 2 unspecified atom stereocenters. The van der Waals surface area contributed by atoms with Gasteiger partial charge in [0.05, 0.1) is 39.6 Å². The summed E-state index contributed by atoms with van der Waals surface area (Å²) in [6, 6.07) is 11.9. The third kappa shape index (κ3) is 10.6. The molecule has 202 valence electrons. The predicted molar refractivity (Wildman–Crippen MR) is 124 cm³/mol. The van der Waals surface area contributed by atoms with Crippen molar-refractivity contribution in [1.82, 2.24) is 0 Å². The molecule has 39 heavy (non-hydrogen) atoms. The van der Waals surface area contributed by atoms with Crippen LogP contribution in [0, 0.1) is 11.8 Å². The van der Waals surface area contributed by atoms with Crippen LogP contribution in [0.2, 0.25) is 0 Å². The summed E-state index contributed by atoms with van der Waals surface area (Å²) in [4.78, 5) is 35.8. The Labute approximate surface area is 250 Å². The smallest absolute Gasteiger partial charge is 0.550 e. The van der Waals surface area contributed by atoms with E-state index in [1.807, 2.05) is 0 Å². The predicted octanol–water partition coefficient (Wildman–Crippen LogP) is -6.72. The maximum Gasteiger partial charge on any atom is 1.00 e. The van der Waals surface area contributed by atoms with Crippen LogP contribution in [0.3, 0.4) is 0 Å². The summed E-state index contributed by atoms with van der Waals surface area (Å²) in [5.74, 6) is -6.74. The van der Waals surface area contributed by atoms with Gasteiger partial charge in [-0.25, -0.2) is 0 Å². The van der Waals surface area contributed by atoms with Crippen molar-refractivity contribution in [2.45, 2.75) is 19.6 Å². The third-order valence-electron chi connectivity index (χ3n) is 5.21. The number of carbonyl (C=O) groups excluding carboxylic acids is 3. The standard InChI is InChI=1S/C26H32O11.2Li/c1-17(24(30)31)15-34-21-7-3-5-19(13-21)23(29)26(36-11-9-27,37-12-10-28)20-6-4-8-22(14-20)35-16-18(2)25(32)33;;/h3-8,13-14,17-18,27-28H,9-12,15-16H2,1-2H3,(H,30,31)(H,32,33);;/q;2*+1/p-2. The van der Waals surface area contributed by atoms with Gasteiger partial charge in [0.25, 0.3) is 5.79 Å². The van der Waals surface area contributed by atoms with Crippen LogP contribution in [0.15, 0.2) is 48.5 Å². The van der Waals surface area contributed by atoms with Gasteiger partial charge in [-0.2, -0.15) is 0 Å². The number of rotatable bonds is 17. The number of hydrogen-bond donors (Lipinski definition) is 2. The van der Waals surface area contributed by atoms with E-state index in [9.17, 15) is 34.8 Å². The molecule has 0 saturated carbocycles. The molecule has 0 radical (unpaired) electrons. The third-order valence-corrected chi connectivity index (χ3v) is 5.21. The van der Waals surface area contributed by atoms with Crippen molar-refractivity contribution < 1.29 is 91.5 Å². The quantitative estimate of drug-likeness (QED) is 0.113. The molecule has 2 atom stereocenters. The molecule has 2 aromatic rings. The first kappa shape index (κ1) is 36.7. The second-order valence-corrected chi connectivity index (χ2v) is 8.21. The summed E-state index contributed by atoms with van der Waals surface area (Å²) in [6.45, 7) is 0.977. The number of aliphatic carboxylic acids is 2. The van der Waals surface area contributed by atoms with Gasteiger partial charge in [0, 0.05) is 34.9 Å². The fraction of sp³-hybridized carbons (Fsp3) is 0.423. The van der Waals surface area contributed by atoms with Crippen molar-refractivity contribution in [2.75, 3.05) is 39.6 Å². The van der Waals surface area contributed by atoms with Crippen LogP contribution in [0.4, 0.5) is 0 Å². The molecule has 13 heteroatoms. The minimum absolute atomic E-state index is 0. The first-order valence-corrected chi connectivity index (χ1v) is 11.6.